The van der Waals surface area contributed by atoms with Crippen LogP contribution in [0.25, 0.3) is 6.08 Å². The van der Waals surface area contributed by atoms with E-state index in [1.165, 1.54) is 7.11 Å². The van der Waals surface area contributed by atoms with Crippen LogP contribution in [0, 0.1) is 3.57 Å². The Morgan fingerprint density at radius 3 is 2.51 bits per heavy atom. The van der Waals surface area contributed by atoms with Gasteiger partial charge in [-0.3, -0.25) is 19.3 Å². The molecule has 0 saturated carbocycles. The van der Waals surface area contributed by atoms with Crippen LogP contribution in [0.2, 0.25) is 10.0 Å². The highest BCUT2D eigenvalue weighted by molar-refractivity contribution is 14.1. The predicted octanol–water partition coefficient (Wildman–Crippen LogP) is 6.86. The number of imide groups is 1. The van der Waals surface area contributed by atoms with Crippen molar-refractivity contribution in [2.45, 2.75) is 6.61 Å². The summed E-state index contributed by atoms with van der Waals surface area (Å²) in [5.74, 6) is -0.0841. The van der Waals surface area contributed by atoms with Crippen molar-refractivity contribution in [3.63, 3.8) is 0 Å². The summed E-state index contributed by atoms with van der Waals surface area (Å²) in [6.07, 6.45) is 1.57. The van der Waals surface area contributed by atoms with E-state index in [0.717, 1.165) is 25.8 Å². The molecule has 1 N–H and O–H groups in total. The Kier molecular flexibility index (Phi) is 9.01. The quantitative estimate of drug-likeness (QED) is 0.209. The van der Waals surface area contributed by atoms with Crippen LogP contribution in [0.5, 0.6) is 11.5 Å². The minimum Gasteiger partial charge on any atom is -0.493 e. The van der Waals surface area contributed by atoms with Crippen molar-refractivity contribution in [1.82, 2.24) is 4.90 Å². The van der Waals surface area contributed by atoms with E-state index in [1.807, 2.05) is 12.1 Å². The van der Waals surface area contributed by atoms with E-state index >= 15 is 0 Å². The molecule has 7 nitrogen and oxygen atoms in total. The zero-order valence-electron chi connectivity index (χ0n) is 19.3. The summed E-state index contributed by atoms with van der Waals surface area (Å²) in [6.45, 7) is -0.174. The molecule has 0 aliphatic carbocycles. The van der Waals surface area contributed by atoms with Crippen molar-refractivity contribution in [2.24, 2.45) is 0 Å². The third-order valence-corrected chi connectivity index (χ3v) is 7.40. The van der Waals surface area contributed by atoms with Crippen LogP contribution in [0.15, 0.2) is 65.6 Å². The third kappa shape index (κ3) is 6.98. The second-order valence-corrected chi connectivity index (χ2v) is 10.8. The number of carbonyl (C=O) groups excluding carboxylic acids is 3. The molecule has 0 unspecified atom stereocenters. The number of nitrogens with zero attached hydrogens (tertiary/aromatic N) is 1. The Balaban J connectivity index is 1.43. The van der Waals surface area contributed by atoms with E-state index in [9.17, 15) is 14.4 Å². The van der Waals surface area contributed by atoms with Gasteiger partial charge in [0.15, 0.2) is 11.5 Å². The van der Waals surface area contributed by atoms with Gasteiger partial charge in [-0.2, -0.15) is 0 Å². The van der Waals surface area contributed by atoms with Gasteiger partial charge < -0.3 is 14.8 Å². The van der Waals surface area contributed by atoms with Crippen LogP contribution in [-0.4, -0.2) is 35.6 Å². The van der Waals surface area contributed by atoms with Gasteiger partial charge in [0, 0.05) is 24.9 Å². The van der Waals surface area contributed by atoms with Crippen LogP contribution in [0.3, 0.4) is 0 Å². The number of hydrogen-bond donors (Lipinski definition) is 1. The first-order valence-electron chi connectivity index (χ1n) is 10.8. The largest absolute Gasteiger partial charge is 0.493 e. The van der Waals surface area contributed by atoms with Crippen LogP contribution < -0.4 is 14.8 Å². The number of halogens is 3. The molecule has 1 aliphatic rings. The van der Waals surface area contributed by atoms with Crippen molar-refractivity contribution in [1.29, 1.82) is 0 Å². The van der Waals surface area contributed by atoms with Crippen LogP contribution in [0.1, 0.15) is 11.1 Å². The maximum atomic E-state index is 12.8. The number of anilines is 1. The number of ether oxygens (including phenoxy) is 2. The minimum atomic E-state index is -0.538. The molecule has 3 aromatic carbocycles. The molecule has 11 heteroatoms. The van der Waals surface area contributed by atoms with Crippen molar-refractivity contribution >= 4 is 86.4 Å². The molecular formula is C26H19Cl2IN2O5S. The van der Waals surface area contributed by atoms with E-state index in [1.54, 1.807) is 54.6 Å². The lowest BCUT2D eigenvalue weighted by molar-refractivity contribution is -0.127. The van der Waals surface area contributed by atoms with Crippen molar-refractivity contribution in [3.05, 3.63) is 90.3 Å². The van der Waals surface area contributed by atoms with Gasteiger partial charge in [0.1, 0.15) is 13.2 Å². The summed E-state index contributed by atoms with van der Waals surface area (Å²) in [5.41, 5.74) is 1.97. The van der Waals surface area contributed by atoms with E-state index in [-0.39, 0.29) is 18.1 Å². The first-order chi connectivity index (χ1) is 17.7. The highest BCUT2D eigenvalue weighted by Gasteiger charge is 2.36. The van der Waals surface area contributed by atoms with Gasteiger partial charge in [-0.1, -0.05) is 35.3 Å². The minimum absolute atomic E-state index is 0.203. The van der Waals surface area contributed by atoms with Crippen molar-refractivity contribution < 1.29 is 23.9 Å². The van der Waals surface area contributed by atoms with Gasteiger partial charge in [0.2, 0.25) is 5.91 Å². The number of rotatable bonds is 8. The van der Waals surface area contributed by atoms with E-state index in [0.29, 0.717) is 32.8 Å². The lowest BCUT2D eigenvalue weighted by atomic mass is 10.1. The zero-order valence-corrected chi connectivity index (χ0v) is 23.8. The van der Waals surface area contributed by atoms with Crippen LogP contribution in [0.4, 0.5) is 10.5 Å². The molecule has 0 radical (unpaired) electrons. The topological polar surface area (TPSA) is 84.9 Å². The predicted molar refractivity (Wildman–Crippen MR) is 154 cm³/mol. The van der Waals surface area contributed by atoms with Gasteiger partial charge >= 0.3 is 0 Å². The molecule has 1 heterocycles. The number of thioether (sulfide) groups is 1. The molecule has 0 aromatic heterocycles. The monoisotopic (exact) mass is 668 g/mol. The van der Waals surface area contributed by atoms with Crippen molar-refractivity contribution in [3.8, 4) is 11.5 Å². The molecule has 0 atom stereocenters. The lowest BCUT2D eigenvalue weighted by Crippen LogP contribution is -2.36. The summed E-state index contributed by atoms with van der Waals surface area (Å²) < 4.78 is 12.3. The fraction of sp³-hybridized carbons (Fsp3) is 0.115. The van der Waals surface area contributed by atoms with E-state index in [2.05, 4.69) is 27.9 Å². The first kappa shape index (κ1) is 27.3. The maximum absolute atomic E-state index is 12.8. The molecule has 1 aliphatic heterocycles. The van der Waals surface area contributed by atoms with Crippen LogP contribution in [-0.2, 0) is 16.2 Å². The second-order valence-electron chi connectivity index (χ2n) is 7.76. The molecule has 0 spiro atoms. The number of methoxy groups -OCH3 is 1. The molecule has 1 fully saturated rings. The average Bonchev–Trinajstić information content (AvgIpc) is 3.12. The maximum Gasteiger partial charge on any atom is 0.294 e. The Morgan fingerprint density at radius 1 is 1.05 bits per heavy atom. The fourth-order valence-corrected chi connectivity index (χ4v) is 5.01. The van der Waals surface area contributed by atoms with E-state index in [4.69, 9.17) is 32.7 Å². The Morgan fingerprint density at radius 2 is 1.81 bits per heavy atom. The Labute approximate surface area is 241 Å². The highest BCUT2D eigenvalue weighted by Crippen LogP contribution is 2.35. The van der Waals surface area contributed by atoms with Gasteiger partial charge in [0.05, 0.1) is 12.0 Å². The number of nitrogens with one attached hydrogen (secondary N) is 1. The molecule has 37 heavy (non-hydrogen) atoms. The average molecular weight is 669 g/mol. The SMILES string of the molecule is COc1cc(/C=C2\SC(=O)N(CC(=O)Nc3ccc(I)cc3)C2=O)ccc1OCc1ccc(Cl)cc1Cl. The summed E-state index contributed by atoms with van der Waals surface area (Å²) >= 11 is 15.1. The molecule has 4 rings (SSSR count). The normalized spacial score (nSPS) is 14.3. The van der Waals surface area contributed by atoms with Gasteiger partial charge in [-0.25, -0.2) is 0 Å². The zero-order chi connectivity index (χ0) is 26.5. The number of amides is 3. The standard InChI is InChI=1S/C26H19Cl2IN2O5S/c1-35-22-10-15(2-9-21(22)36-14-16-3-4-17(27)12-20(16)28)11-23-25(33)31(26(34)37-23)13-24(32)30-19-7-5-18(29)6-8-19/h2-12H,13-14H2,1H3,(H,30,32)/b23-11-. The van der Waals surface area contributed by atoms with Gasteiger partial charge in [-0.15, -0.1) is 0 Å². The van der Waals surface area contributed by atoms with Crippen molar-refractivity contribution in [2.75, 3.05) is 19.0 Å². The summed E-state index contributed by atoms with van der Waals surface area (Å²) in [4.78, 5) is 38.8. The van der Waals surface area contributed by atoms with Gasteiger partial charge in [-0.05, 0) is 94.5 Å². The Hall–Kier alpha value is -2.73. The molecule has 3 aromatic rings. The first-order valence-corrected chi connectivity index (χ1v) is 13.4. The van der Waals surface area contributed by atoms with Gasteiger partial charge in [0.25, 0.3) is 11.1 Å². The lowest BCUT2D eigenvalue weighted by Gasteiger charge is -2.13. The van der Waals surface area contributed by atoms with Crippen LogP contribution >= 0.6 is 57.6 Å². The molecule has 1 saturated heterocycles. The van der Waals surface area contributed by atoms with E-state index < -0.39 is 17.1 Å². The molecule has 3 amide bonds. The summed E-state index contributed by atoms with van der Waals surface area (Å²) in [5, 5.41) is 3.20. The number of hydrogen-bond acceptors (Lipinski definition) is 6. The molecule has 190 valence electrons. The summed E-state index contributed by atoms with van der Waals surface area (Å²) in [7, 11) is 1.50. The third-order valence-electron chi connectivity index (χ3n) is 5.19. The highest BCUT2D eigenvalue weighted by atomic mass is 127. The fourth-order valence-electron chi connectivity index (χ4n) is 3.35. The number of benzene rings is 3. The molecular weight excluding hydrogens is 650 g/mol. The number of carbonyl (C=O) groups is 3. The molecule has 0 bridgehead atoms. The second kappa shape index (κ2) is 12.2. The smallest absolute Gasteiger partial charge is 0.294 e. The Bertz CT molecular complexity index is 1400. The summed E-state index contributed by atoms with van der Waals surface area (Å²) in [6, 6.07) is 17.5.